The zero-order valence-electron chi connectivity index (χ0n) is 14.7. The molecule has 0 saturated carbocycles. The summed E-state index contributed by atoms with van der Waals surface area (Å²) in [4.78, 5) is 24.1. The average molecular weight is 341 g/mol. The van der Waals surface area contributed by atoms with Crippen LogP contribution < -0.4 is 16.0 Å². The predicted octanol–water partition coefficient (Wildman–Crippen LogP) is 1.63. The summed E-state index contributed by atoms with van der Waals surface area (Å²) < 4.78 is 1.75. The van der Waals surface area contributed by atoms with Crippen LogP contribution in [0.4, 0.5) is 11.4 Å². The lowest BCUT2D eigenvalue weighted by Crippen LogP contribution is -2.28. The highest BCUT2D eigenvalue weighted by molar-refractivity contribution is 5.96. The van der Waals surface area contributed by atoms with Crippen molar-refractivity contribution in [3.63, 3.8) is 0 Å². The van der Waals surface area contributed by atoms with Gasteiger partial charge in [-0.2, -0.15) is 5.10 Å². The van der Waals surface area contributed by atoms with Crippen LogP contribution in [0.1, 0.15) is 24.0 Å². The maximum Gasteiger partial charge on any atom is 0.229 e. The molecule has 1 aliphatic heterocycles. The van der Waals surface area contributed by atoms with Gasteiger partial charge in [0.25, 0.3) is 0 Å². The molecule has 1 aliphatic rings. The van der Waals surface area contributed by atoms with Gasteiger partial charge in [-0.3, -0.25) is 14.3 Å². The van der Waals surface area contributed by atoms with Crippen molar-refractivity contribution in [1.29, 1.82) is 0 Å². The molecule has 3 rings (SSSR count). The SMILES string of the molecule is CC(=O)Nc1ccc(C)c(NC(=O)[C@H]2CNC[C@@H]2c2cnn(C)c2)c1. The van der Waals surface area contributed by atoms with E-state index in [9.17, 15) is 9.59 Å². The Kier molecular flexibility index (Phi) is 4.85. The number of carbonyl (C=O) groups is 2. The second-order valence-corrected chi connectivity index (χ2v) is 6.52. The Balaban J connectivity index is 1.76. The topological polar surface area (TPSA) is 88.1 Å². The zero-order chi connectivity index (χ0) is 18.0. The van der Waals surface area contributed by atoms with Gasteiger partial charge in [-0.15, -0.1) is 0 Å². The quantitative estimate of drug-likeness (QED) is 0.789. The van der Waals surface area contributed by atoms with Gasteiger partial charge in [0.15, 0.2) is 0 Å². The molecule has 2 heterocycles. The molecule has 0 unspecified atom stereocenters. The fraction of sp³-hybridized carbons (Fsp3) is 0.389. The van der Waals surface area contributed by atoms with E-state index < -0.39 is 0 Å². The van der Waals surface area contributed by atoms with E-state index >= 15 is 0 Å². The van der Waals surface area contributed by atoms with E-state index in [1.54, 1.807) is 10.7 Å². The zero-order valence-corrected chi connectivity index (χ0v) is 14.7. The molecule has 1 aromatic heterocycles. The number of anilines is 2. The Morgan fingerprint density at radius 1 is 1.28 bits per heavy atom. The average Bonchev–Trinajstić information content (AvgIpc) is 3.18. The van der Waals surface area contributed by atoms with Crippen molar-refractivity contribution >= 4 is 23.2 Å². The van der Waals surface area contributed by atoms with E-state index in [1.807, 2.05) is 38.5 Å². The second kappa shape index (κ2) is 7.06. The highest BCUT2D eigenvalue weighted by Crippen LogP contribution is 2.29. The molecule has 0 bridgehead atoms. The van der Waals surface area contributed by atoms with Crippen LogP contribution in [0.2, 0.25) is 0 Å². The number of hydrogen-bond acceptors (Lipinski definition) is 4. The van der Waals surface area contributed by atoms with E-state index in [4.69, 9.17) is 0 Å². The number of nitrogens with zero attached hydrogens (tertiary/aromatic N) is 2. The highest BCUT2D eigenvalue weighted by atomic mass is 16.2. The molecular formula is C18H23N5O2. The fourth-order valence-electron chi connectivity index (χ4n) is 3.20. The molecule has 1 saturated heterocycles. The molecule has 0 aliphatic carbocycles. The standard InChI is InChI=1S/C18H23N5O2/c1-11-4-5-14(21-12(2)24)6-17(11)22-18(25)16-9-19-8-15(16)13-7-20-23(3)10-13/h4-7,10,15-16,19H,8-9H2,1-3H3,(H,21,24)(H,22,25)/t15-,16+/m1/s1. The first-order valence-electron chi connectivity index (χ1n) is 8.32. The number of amides is 2. The molecule has 7 heteroatoms. The van der Waals surface area contributed by atoms with Gasteiger partial charge in [0.05, 0.1) is 12.1 Å². The van der Waals surface area contributed by atoms with Gasteiger partial charge in [-0.05, 0) is 30.2 Å². The minimum absolute atomic E-state index is 0.0260. The normalized spacial score (nSPS) is 19.6. The lowest BCUT2D eigenvalue weighted by Gasteiger charge is -2.18. The first kappa shape index (κ1) is 17.2. The summed E-state index contributed by atoms with van der Waals surface area (Å²) in [5.41, 5.74) is 3.40. The smallest absolute Gasteiger partial charge is 0.229 e. The third kappa shape index (κ3) is 3.88. The van der Waals surface area contributed by atoms with Gasteiger partial charge in [-0.25, -0.2) is 0 Å². The summed E-state index contributed by atoms with van der Waals surface area (Å²) in [5.74, 6) is -0.222. The molecule has 2 amide bonds. The summed E-state index contributed by atoms with van der Waals surface area (Å²) >= 11 is 0. The van der Waals surface area contributed by atoms with E-state index in [-0.39, 0.29) is 23.7 Å². The third-order valence-electron chi connectivity index (χ3n) is 4.52. The maximum absolute atomic E-state index is 12.8. The van der Waals surface area contributed by atoms with Crippen LogP contribution in [-0.2, 0) is 16.6 Å². The summed E-state index contributed by atoms with van der Waals surface area (Å²) in [6.45, 7) is 4.78. The number of benzene rings is 1. The van der Waals surface area contributed by atoms with Gasteiger partial charge >= 0.3 is 0 Å². The van der Waals surface area contributed by atoms with E-state index in [1.165, 1.54) is 6.92 Å². The first-order valence-corrected chi connectivity index (χ1v) is 8.32. The van der Waals surface area contributed by atoms with E-state index in [0.29, 0.717) is 17.9 Å². The van der Waals surface area contributed by atoms with Crippen LogP contribution in [0, 0.1) is 12.8 Å². The number of aromatic nitrogens is 2. The van der Waals surface area contributed by atoms with Crippen LogP contribution in [-0.4, -0.2) is 34.7 Å². The fourth-order valence-corrected chi connectivity index (χ4v) is 3.20. The van der Waals surface area contributed by atoms with Crippen LogP contribution in [0.25, 0.3) is 0 Å². The van der Waals surface area contributed by atoms with Gasteiger partial charge in [0.2, 0.25) is 11.8 Å². The van der Waals surface area contributed by atoms with Gasteiger partial charge in [0.1, 0.15) is 0 Å². The lowest BCUT2D eigenvalue weighted by molar-refractivity contribution is -0.119. The van der Waals surface area contributed by atoms with E-state index in [2.05, 4.69) is 21.0 Å². The maximum atomic E-state index is 12.8. The first-order chi connectivity index (χ1) is 11.9. The molecule has 0 radical (unpaired) electrons. The predicted molar refractivity (Wildman–Crippen MR) is 96.4 cm³/mol. The minimum Gasteiger partial charge on any atom is -0.326 e. The number of rotatable bonds is 4. The number of carbonyl (C=O) groups excluding carboxylic acids is 2. The summed E-state index contributed by atoms with van der Waals surface area (Å²) in [7, 11) is 1.87. The van der Waals surface area contributed by atoms with Gasteiger partial charge in [-0.1, -0.05) is 6.07 Å². The lowest BCUT2D eigenvalue weighted by atomic mass is 9.90. The Labute approximate surface area is 146 Å². The van der Waals surface area contributed by atoms with Crippen molar-refractivity contribution in [2.75, 3.05) is 23.7 Å². The monoisotopic (exact) mass is 341 g/mol. The Morgan fingerprint density at radius 2 is 2.08 bits per heavy atom. The molecule has 1 fully saturated rings. The Hall–Kier alpha value is -2.67. The van der Waals surface area contributed by atoms with Crippen LogP contribution in [0.5, 0.6) is 0 Å². The molecule has 3 N–H and O–H groups in total. The van der Waals surface area contributed by atoms with Crippen molar-refractivity contribution in [1.82, 2.24) is 15.1 Å². The van der Waals surface area contributed by atoms with Gasteiger partial charge < -0.3 is 16.0 Å². The Bertz CT molecular complexity index is 799. The summed E-state index contributed by atoms with van der Waals surface area (Å²) in [5, 5.41) is 13.3. The molecule has 0 spiro atoms. The molecule has 1 aromatic carbocycles. The van der Waals surface area contributed by atoms with Crippen LogP contribution >= 0.6 is 0 Å². The summed E-state index contributed by atoms with van der Waals surface area (Å²) in [6, 6.07) is 5.49. The van der Waals surface area contributed by atoms with Crippen molar-refractivity contribution in [3.05, 3.63) is 41.7 Å². The molecule has 7 nitrogen and oxygen atoms in total. The van der Waals surface area contributed by atoms with Gasteiger partial charge in [0, 0.05) is 50.6 Å². The minimum atomic E-state index is -0.159. The van der Waals surface area contributed by atoms with Crippen molar-refractivity contribution in [2.24, 2.45) is 13.0 Å². The molecule has 132 valence electrons. The van der Waals surface area contributed by atoms with E-state index in [0.717, 1.165) is 17.7 Å². The number of nitrogens with one attached hydrogen (secondary N) is 3. The number of aryl methyl sites for hydroxylation is 2. The molecule has 2 aromatic rings. The highest BCUT2D eigenvalue weighted by Gasteiger charge is 2.34. The molecular weight excluding hydrogens is 318 g/mol. The van der Waals surface area contributed by atoms with Crippen LogP contribution in [0.15, 0.2) is 30.6 Å². The van der Waals surface area contributed by atoms with Crippen molar-refractivity contribution < 1.29 is 9.59 Å². The van der Waals surface area contributed by atoms with Crippen LogP contribution in [0.3, 0.4) is 0 Å². The molecule has 2 atom stereocenters. The van der Waals surface area contributed by atoms with Crippen molar-refractivity contribution in [3.8, 4) is 0 Å². The Morgan fingerprint density at radius 3 is 2.76 bits per heavy atom. The second-order valence-electron chi connectivity index (χ2n) is 6.52. The number of hydrogen-bond donors (Lipinski definition) is 3. The van der Waals surface area contributed by atoms with Crippen molar-refractivity contribution in [2.45, 2.75) is 19.8 Å². The largest absolute Gasteiger partial charge is 0.326 e. The molecule has 25 heavy (non-hydrogen) atoms. The summed E-state index contributed by atoms with van der Waals surface area (Å²) in [6.07, 6.45) is 3.78. The third-order valence-corrected chi connectivity index (χ3v) is 4.52.